The van der Waals surface area contributed by atoms with Crippen molar-refractivity contribution >= 4 is 29.3 Å². The molecular formula is C19H21ClN4O4. The number of ether oxygens (including phenoxy) is 1. The fraction of sp³-hybridized carbons (Fsp3) is 0.368. The van der Waals surface area contributed by atoms with E-state index in [1.165, 1.54) is 11.0 Å². The number of aromatic nitrogens is 2. The number of benzene rings is 1. The van der Waals surface area contributed by atoms with Gasteiger partial charge in [-0.05, 0) is 31.5 Å². The average Bonchev–Trinajstić information content (AvgIpc) is 2.64. The SMILES string of the molecule is CCOC(=O)N1CCc2nn(CC(=O)Nc3ccc(C)cc3Cl)c(=O)cc2C1. The van der Waals surface area contributed by atoms with Crippen LogP contribution in [0.1, 0.15) is 23.7 Å². The lowest BCUT2D eigenvalue weighted by Crippen LogP contribution is -2.39. The summed E-state index contributed by atoms with van der Waals surface area (Å²) in [5.74, 6) is -0.399. The van der Waals surface area contributed by atoms with Crippen molar-refractivity contribution in [3.63, 3.8) is 0 Å². The Morgan fingerprint density at radius 2 is 2.11 bits per heavy atom. The highest BCUT2D eigenvalue weighted by molar-refractivity contribution is 6.33. The van der Waals surface area contributed by atoms with Crippen LogP contribution in [0.3, 0.4) is 0 Å². The molecule has 0 saturated carbocycles. The minimum absolute atomic E-state index is 0.224. The van der Waals surface area contributed by atoms with E-state index in [0.717, 1.165) is 10.2 Å². The molecule has 1 aromatic carbocycles. The van der Waals surface area contributed by atoms with Crippen molar-refractivity contribution in [2.75, 3.05) is 18.5 Å². The molecule has 9 heteroatoms. The van der Waals surface area contributed by atoms with Gasteiger partial charge in [-0.25, -0.2) is 9.48 Å². The van der Waals surface area contributed by atoms with E-state index in [1.807, 2.05) is 13.0 Å². The summed E-state index contributed by atoms with van der Waals surface area (Å²) in [5.41, 5.74) is 2.42. The van der Waals surface area contributed by atoms with Crippen molar-refractivity contribution in [2.45, 2.75) is 33.4 Å². The summed E-state index contributed by atoms with van der Waals surface area (Å²) < 4.78 is 6.12. The molecule has 3 rings (SSSR count). The Labute approximate surface area is 167 Å². The zero-order valence-corrected chi connectivity index (χ0v) is 16.5. The first kappa shape index (κ1) is 19.9. The first-order valence-electron chi connectivity index (χ1n) is 8.95. The maximum absolute atomic E-state index is 12.4. The summed E-state index contributed by atoms with van der Waals surface area (Å²) in [7, 11) is 0. The smallest absolute Gasteiger partial charge is 0.410 e. The number of nitrogens with one attached hydrogen (secondary N) is 1. The van der Waals surface area contributed by atoms with E-state index in [0.29, 0.717) is 41.5 Å². The summed E-state index contributed by atoms with van der Waals surface area (Å²) >= 11 is 6.12. The van der Waals surface area contributed by atoms with E-state index in [-0.39, 0.29) is 13.1 Å². The van der Waals surface area contributed by atoms with Crippen LogP contribution >= 0.6 is 11.6 Å². The van der Waals surface area contributed by atoms with Crippen molar-refractivity contribution in [2.24, 2.45) is 0 Å². The van der Waals surface area contributed by atoms with Gasteiger partial charge < -0.3 is 15.0 Å². The molecule has 2 aromatic rings. The summed E-state index contributed by atoms with van der Waals surface area (Å²) in [6.45, 7) is 4.42. The lowest BCUT2D eigenvalue weighted by Gasteiger charge is -2.27. The summed E-state index contributed by atoms with van der Waals surface area (Å²) in [6, 6.07) is 6.71. The van der Waals surface area contributed by atoms with E-state index in [9.17, 15) is 14.4 Å². The fourth-order valence-corrected chi connectivity index (χ4v) is 3.25. The van der Waals surface area contributed by atoms with Gasteiger partial charge in [0.05, 0.1) is 29.6 Å². The number of nitrogens with zero attached hydrogens (tertiary/aromatic N) is 3. The van der Waals surface area contributed by atoms with Crippen LogP contribution < -0.4 is 10.9 Å². The molecule has 148 valence electrons. The van der Waals surface area contributed by atoms with E-state index < -0.39 is 17.6 Å². The predicted octanol–water partition coefficient (Wildman–Crippen LogP) is 2.36. The van der Waals surface area contributed by atoms with E-state index >= 15 is 0 Å². The molecule has 0 spiro atoms. The molecule has 2 heterocycles. The number of fused-ring (bicyclic) bond motifs is 1. The lowest BCUT2D eigenvalue weighted by atomic mass is 10.1. The number of hydrogen-bond donors (Lipinski definition) is 1. The Morgan fingerprint density at radius 3 is 2.82 bits per heavy atom. The lowest BCUT2D eigenvalue weighted by molar-refractivity contribution is -0.117. The Bertz CT molecular complexity index is 973. The van der Waals surface area contributed by atoms with Crippen molar-refractivity contribution in [3.05, 3.63) is 56.5 Å². The second-order valence-corrected chi connectivity index (χ2v) is 6.92. The molecule has 28 heavy (non-hydrogen) atoms. The predicted molar refractivity (Wildman–Crippen MR) is 104 cm³/mol. The number of carbonyl (C=O) groups is 2. The molecule has 0 saturated heterocycles. The van der Waals surface area contributed by atoms with Crippen LogP contribution in [0.4, 0.5) is 10.5 Å². The molecule has 0 unspecified atom stereocenters. The van der Waals surface area contributed by atoms with Crippen molar-refractivity contribution in [1.82, 2.24) is 14.7 Å². The normalized spacial score (nSPS) is 13.0. The minimum Gasteiger partial charge on any atom is -0.450 e. The Hall–Kier alpha value is -2.87. The van der Waals surface area contributed by atoms with Gasteiger partial charge in [0.1, 0.15) is 6.54 Å². The molecule has 1 aromatic heterocycles. The van der Waals surface area contributed by atoms with Crippen LogP contribution in [0.2, 0.25) is 5.02 Å². The molecule has 0 fully saturated rings. The van der Waals surface area contributed by atoms with Crippen molar-refractivity contribution in [1.29, 1.82) is 0 Å². The van der Waals surface area contributed by atoms with E-state index in [1.54, 1.807) is 19.1 Å². The second-order valence-electron chi connectivity index (χ2n) is 6.51. The molecule has 1 aliphatic rings. The van der Waals surface area contributed by atoms with E-state index in [2.05, 4.69) is 10.4 Å². The standard InChI is InChI=1S/C19H21ClN4O4/c1-3-28-19(27)23-7-6-15-13(10-23)9-18(26)24(22-15)11-17(25)21-16-5-4-12(2)8-14(16)20/h4-5,8-9H,3,6-7,10-11H2,1-2H3,(H,21,25). The number of anilines is 1. The zero-order chi connectivity index (χ0) is 20.3. The van der Waals surface area contributed by atoms with Crippen LogP contribution in [-0.2, 0) is 29.0 Å². The van der Waals surface area contributed by atoms with Gasteiger partial charge >= 0.3 is 6.09 Å². The number of hydrogen-bond acceptors (Lipinski definition) is 5. The third-order valence-corrected chi connectivity index (χ3v) is 4.67. The number of carbonyl (C=O) groups excluding carboxylic acids is 2. The van der Waals surface area contributed by atoms with Crippen molar-refractivity contribution in [3.8, 4) is 0 Å². The Balaban J connectivity index is 1.71. The number of amides is 2. The molecule has 1 N–H and O–H groups in total. The highest BCUT2D eigenvalue weighted by Gasteiger charge is 2.24. The zero-order valence-electron chi connectivity index (χ0n) is 15.7. The molecule has 0 bridgehead atoms. The average molecular weight is 405 g/mol. The van der Waals surface area contributed by atoms with Gasteiger partial charge in [0, 0.05) is 24.6 Å². The third kappa shape index (κ3) is 4.51. The van der Waals surface area contributed by atoms with Crippen LogP contribution in [0.15, 0.2) is 29.1 Å². The number of halogens is 1. The molecule has 2 amide bonds. The van der Waals surface area contributed by atoms with Crippen LogP contribution in [0, 0.1) is 6.92 Å². The van der Waals surface area contributed by atoms with Crippen LogP contribution in [-0.4, -0.2) is 39.8 Å². The van der Waals surface area contributed by atoms with Gasteiger partial charge in [0.25, 0.3) is 5.56 Å². The Kier molecular flexibility index (Phi) is 5.99. The quantitative estimate of drug-likeness (QED) is 0.844. The van der Waals surface area contributed by atoms with Crippen molar-refractivity contribution < 1.29 is 14.3 Å². The third-order valence-electron chi connectivity index (χ3n) is 4.36. The van der Waals surface area contributed by atoms with Crippen LogP contribution in [0.5, 0.6) is 0 Å². The highest BCUT2D eigenvalue weighted by atomic mass is 35.5. The summed E-state index contributed by atoms with van der Waals surface area (Å²) in [4.78, 5) is 38.1. The highest BCUT2D eigenvalue weighted by Crippen LogP contribution is 2.22. The first-order chi connectivity index (χ1) is 13.4. The number of aryl methyl sites for hydroxylation is 1. The summed E-state index contributed by atoms with van der Waals surface area (Å²) in [6.07, 6.45) is 0.0755. The molecule has 1 aliphatic heterocycles. The van der Waals surface area contributed by atoms with Gasteiger partial charge in [-0.15, -0.1) is 0 Å². The van der Waals surface area contributed by atoms with Gasteiger partial charge in [-0.1, -0.05) is 17.7 Å². The monoisotopic (exact) mass is 404 g/mol. The summed E-state index contributed by atoms with van der Waals surface area (Å²) in [5, 5.41) is 7.42. The Morgan fingerprint density at radius 1 is 1.32 bits per heavy atom. The maximum Gasteiger partial charge on any atom is 0.410 e. The molecule has 0 radical (unpaired) electrons. The first-order valence-corrected chi connectivity index (χ1v) is 9.32. The molecule has 0 atom stereocenters. The maximum atomic E-state index is 12.4. The fourth-order valence-electron chi connectivity index (χ4n) is 2.97. The topological polar surface area (TPSA) is 93.5 Å². The molecule has 8 nitrogen and oxygen atoms in total. The minimum atomic E-state index is -0.410. The largest absolute Gasteiger partial charge is 0.450 e. The molecule has 0 aliphatic carbocycles. The number of rotatable bonds is 4. The van der Waals surface area contributed by atoms with Gasteiger partial charge in [0.2, 0.25) is 5.91 Å². The molecular weight excluding hydrogens is 384 g/mol. The van der Waals surface area contributed by atoms with E-state index in [4.69, 9.17) is 16.3 Å². The van der Waals surface area contributed by atoms with Gasteiger partial charge in [-0.3, -0.25) is 9.59 Å². The van der Waals surface area contributed by atoms with Gasteiger partial charge in [-0.2, -0.15) is 5.10 Å². The second kappa shape index (κ2) is 8.43. The van der Waals surface area contributed by atoms with Gasteiger partial charge in [0.15, 0.2) is 0 Å². The van der Waals surface area contributed by atoms with Crippen LogP contribution in [0.25, 0.3) is 0 Å².